The quantitative estimate of drug-likeness (QED) is 0.532. The lowest BCUT2D eigenvalue weighted by atomic mass is 10.3. The second-order valence-electron chi connectivity index (χ2n) is 2.19. The Labute approximate surface area is 59.3 Å². The average Bonchev–Trinajstić information content (AvgIpc) is 1.80. The Kier molecular flexibility index (Phi) is 2.65. The maximum atomic E-state index is 10.7. The van der Waals surface area contributed by atoms with Crippen molar-refractivity contribution in [3.8, 4) is 0 Å². The molecule has 1 heterocycles. The van der Waals surface area contributed by atoms with Crippen molar-refractivity contribution in [3.63, 3.8) is 0 Å². The number of hydrogen-bond acceptors (Lipinski definition) is 4. The van der Waals surface area contributed by atoms with Crippen LogP contribution >= 0.6 is 0 Å². The van der Waals surface area contributed by atoms with E-state index in [4.69, 9.17) is 15.2 Å². The second-order valence-corrected chi connectivity index (χ2v) is 2.19. The van der Waals surface area contributed by atoms with Gasteiger partial charge in [0.15, 0.2) is 0 Å². The monoisotopic (exact) mass is 145 g/mol. The topological polar surface area (TPSA) is 61.6 Å². The van der Waals surface area contributed by atoms with Crippen molar-refractivity contribution in [2.45, 2.75) is 12.5 Å². The summed E-state index contributed by atoms with van der Waals surface area (Å²) in [5.41, 5.74) is 5.13. The molecule has 0 aromatic carbocycles. The smallest absolute Gasteiger partial charge is 0.307 e. The predicted molar refractivity (Wildman–Crippen MR) is 34.4 cm³/mol. The molecule has 1 aliphatic rings. The molecule has 0 aromatic rings. The maximum Gasteiger partial charge on any atom is 0.307 e. The molecule has 0 amide bonds. The van der Waals surface area contributed by atoms with Crippen LogP contribution in [0.5, 0.6) is 0 Å². The third kappa shape index (κ3) is 1.97. The van der Waals surface area contributed by atoms with E-state index in [1.165, 1.54) is 0 Å². The van der Waals surface area contributed by atoms with Gasteiger partial charge in [-0.3, -0.25) is 4.79 Å². The SMILES string of the molecule is NCCC(=O)OC1COC1. The van der Waals surface area contributed by atoms with Crippen LogP contribution in [0.15, 0.2) is 0 Å². The first-order chi connectivity index (χ1) is 4.83. The van der Waals surface area contributed by atoms with Crippen molar-refractivity contribution >= 4 is 5.97 Å². The molecule has 0 aromatic heterocycles. The van der Waals surface area contributed by atoms with Gasteiger partial charge in [0, 0.05) is 6.54 Å². The van der Waals surface area contributed by atoms with Crippen LogP contribution in [0, 0.1) is 0 Å². The molecular weight excluding hydrogens is 134 g/mol. The van der Waals surface area contributed by atoms with Gasteiger partial charge in [-0.05, 0) is 0 Å². The number of rotatable bonds is 3. The molecule has 4 nitrogen and oxygen atoms in total. The third-order valence-electron chi connectivity index (χ3n) is 1.25. The molecule has 1 fully saturated rings. The van der Waals surface area contributed by atoms with Crippen molar-refractivity contribution < 1.29 is 14.3 Å². The van der Waals surface area contributed by atoms with Crippen molar-refractivity contribution in [2.24, 2.45) is 5.73 Å². The van der Waals surface area contributed by atoms with Crippen molar-refractivity contribution in [1.82, 2.24) is 0 Å². The maximum absolute atomic E-state index is 10.7. The second kappa shape index (κ2) is 3.53. The molecule has 0 spiro atoms. The first kappa shape index (κ1) is 7.50. The highest BCUT2D eigenvalue weighted by Crippen LogP contribution is 2.05. The number of carbonyl (C=O) groups is 1. The highest BCUT2D eigenvalue weighted by molar-refractivity contribution is 5.69. The molecule has 0 bridgehead atoms. The molecule has 0 aliphatic carbocycles. The lowest BCUT2D eigenvalue weighted by molar-refractivity contribution is -0.171. The van der Waals surface area contributed by atoms with E-state index < -0.39 is 0 Å². The molecule has 4 heteroatoms. The molecule has 0 radical (unpaired) electrons. The van der Waals surface area contributed by atoms with Gasteiger partial charge in [0.25, 0.3) is 0 Å². The minimum absolute atomic E-state index is 0.0148. The summed E-state index contributed by atoms with van der Waals surface area (Å²) in [6, 6.07) is 0. The summed E-state index contributed by atoms with van der Waals surface area (Å²) >= 11 is 0. The van der Waals surface area contributed by atoms with E-state index in [0.717, 1.165) is 0 Å². The van der Waals surface area contributed by atoms with Gasteiger partial charge in [-0.1, -0.05) is 0 Å². The Bertz CT molecular complexity index is 122. The van der Waals surface area contributed by atoms with E-state index in [0.29, 0.717) is 26.2 Å². The predicted octanol–water partition coefficient (Wildman–Crippen LogP) is -0.723. The summed E-state index contributed by atoms with van der Waals surface area (Å²) in [6.45, 7) is 1.43. The minimum Gasteiger partial charge on any atom is -0.457 e. The largest absolute Gasteiger partial charge is 0.457 e. The Morgan fingerprint density at radius 1 is 1.70 bits per heavy atom. The fourth-order valence-electron chi connectivity index (χ4n) is 0.645. The van der Waals surface area contributed by atoms with Crippen molar-refractivity contribution in [3.05, 3.63) is 0 Å². The molecule has 0 atom stereocenters. The Balaban J connectivity index is 2.05. The molecule has 0 saturated carbocycles. The summed E-state index contributed by atoms with van der Waals surface area (Å²) in [5, 5.41) is 0. The van der Waals surface area contributed by atoms with E-state index >= 15 is 0 Å². The Morgan fingerprint density at radius 2 is 2.40 bits per heavy atom. The van der Waals surface area contributed by atoms with E-state index in [2.05, 4.69) is 0 Å². The molecule has 1 saturated heterocycles. The first-order valence-electron chi connectivity index (χ1n) is 3.30. The standard InChI is InChI=1S/C6H11NO3/c7-2-1-6(8)10-5-3-9-4-5/h5H,1-4,7H2. The van der Waals surface area contributed by atoms with E-state index in [1.54, 1.807) is 0 Å². The van der Waals surface area contributed by atoms with Crippen LogP contribution in [-0.2, 0) is 14.3 Å². The minimum atomic E-state index is -0.226. The normalized spacial score (nSPS) is 18.1. The zero-order valence-corrected chi connectivity index (χ0v) is 5.71. The summed E-state index contributed by atoms with van der Waals surface area (Å²) in [6.07, 6.45) is 0.287. The Hall–Kier alpha value is -0.610. The summed E-state index contributed by atoms with van der Waals surface area (Å²) in [4.78, 5) is 10.7. The number of ether oxygens (including phenoxy) is 2. The summed E-state index contributed by atoms with van der Waals surface area (Å²) in [5.74, 6) is -0.226. The molecule has 0 unspecified atom stereocenters. The van der Waals surface area contributed by atoms with Gasteiger partial charge in [0.1, 0.15) is 6.10 Å². The number of esters is 1. The zero-order chi connectivity index (χ0) is 7.40. The molecule has 10 heavy (non-hydrogen) atoms. The number of hydrogen-bond donors (Lipinski definition) is 1. The van der Waals surface area contributed by atoms with Crippen LogP contribution in [0.2, 0.25) is 0 Å². The van der Waals surface area contributed by atoms with Crippen LogP contribution in [0.1, 0.15) is 6.42 Å². The van der Waals surface area contributed by atoms with Crippen LogP contribution < -0.4 is 5.73 Å². The summed E-state index contributed by atoms with van der Waals surface area (Å²) < 4.78 is 9.69. The van der Waals surface area contributed by atoms with Gasteiger partial charge < -0.3 is 15.2 Å². The van der Waals surface area contributed by atoms with Crippen LogP contribution in [0.4, 0.5) is 0 Å². The number of carbonyl (C=O) groups excluding carboxylic acids is 1. The van der Waals surface area contributed by atoms with Crippen molar-refractivity contribution in [1.29, 1.82) is 0 Å². The molecular formula is C6H11NO3. The highest BCUT2D eigenvalue weighted by atomic mass is 16.6. The van der Waals surface area contributed by atoms with Crippen molar-refractivity contribution in [2.75, 3.05) is 19.8 Å². The highest BCUT2D eigenvalue weighted by Gasteiger charge is 2.21. The van der Waals surface area contributed by atoms with Crippen LogP contribution in [-0.4, -0.2) is 31.8 Å². The third-order valence-corrected chi connectivity index (χ3v) is 1.25. The van der Waals surface area contributed by atoms with E-state index in [1.807, 2.05) is 0 Å². The fraction of sp³-hybridized carbons (Fsp3) is 0.833. The van der Waals surface area contributed by atoms with E-state index in [9.17, 15) is 4.79 Å². The van der Waals surface area contributed by atoms with Gasteiger partial charge in [-0.25, -0.2) is 0 Å². The van der Waals surface area contributed by atoms with Gasteiger partial charge in [0.2, 0.25) is 0 Å². The van der Waals surface area contributed by atoms with Gasteiger partial charge in [-0.2, -0.15) is 0 Å². The average molecular weight is 145 g/mol. The molecule has 2 N–H and O–H groups in total. The van der Waals surface area contributed by atoms with E-state index in [-0.39, 0.29) is 12.1 Å². The lowest BCUT2D eigenvalue weighted by Gasteiger charge is -2.25. The molecule has 1 aliphatic heterocycles. The van der Waals surface area contributed by atoms with Gasteiger partial charge in [-0.15, -0.1) is 0 Å². The van der Waals surface area contributed by atoms with Crippen LogP contribution in [0.3, 0.4) is 0 Å². The first-order valence-corrected chi connectivity index (χ1v) is 3.30. The van der Waals surface area contributed by atoms with Gasteiger partial charge >= 0.3 is 5.97 Å². The Morgan fingerprint density at radius 3 is 2.80 bits per heavy atom. The number of nitrogens with two attached hydrogens (primary N) is 1. The van der Waals surface area contributed by atoms with Crippen LogP contribution in [0.25, 0.3) is 0 Å². The fourth-order valence-corrected chi connectivity index (χ4v) is 0.645. The summed E-state index contributed by atoms with van der Waals surface area (Å²) in [7, 11) is 0. The molecule has 58 valence electrons. The lowest BCUT2D eigenvalue weighted by Crippen LogP contribution is -2.38. The van der Waals surface area contributed by atoms with Gasteiger partial charge in [0.05, 0.1) is 19.6 Å². The molecule has 1 rings (SSSR count). The zero-order valence-electron chi connectivity index (χ0n) is 5.71.